The summed E-state index contributed by atoms with van der Waals surface area (Å²) in [5.74, 6) is -0.722. The Balaban J connectivity index is 2.02. The van der Waals surface area contributed by atoms with Gasteiger partial charge < -0.3 is 14.9 Å². The predicted molar refractivity (Wildman–Crippen MR) is 76.9 cm³/mol. The third-order valence-corrected chi connectivity index (χ3v) is 3.66. The molecule has 0 atom stereocenters. The maximum absolute atomic E-state index is 12.4. The second-order valence-electron chi connectivity index (χ2n) is 5.26. The van der Waals surface area contributed by atoms with Gasteiger partial charge in [-0.05, 0) is 18.9 Å². The molecule has 7 heteroatoms. The van der Waals surface area contributed by atoms with E-state index in [1.54, 1.807) is 30.4 Å². The monoisotopic (exact) mass is 292 g/mol. The van der Waals surface area contributed by atoms with Crippen LogP contribution in [-0.4, -0.2) is 58.0 Å². The number of amides is 1. The van der Waals surface area contributed by atoms with Gasteiger partial charge in [-0.15, -0.1) is 0 Å². The third kappa shape index (κ3) is 4.14. The van der Waals surface area contributed by atoms with E-state index in [1.165, 1.54) is 4.90 Å². The Morgan fingerprint density at radius 1 is 1.24 bits per heavy atom. The van der Waals surface area contributed by atoms with Crippen molar-refractivity contribution in [3.63, 3.8) is 0 Å². The Bertz CT molecular complexity index is 488. The van der Waals surface area contributed by atoms with Gasteiger partial charge >= 0.3 is 5.97 Å². The van der Waals surface area contributed by atoms with Crippen molar-refractivity contribution in [3.8, 4) is 0 Å². The first kappa shape index (κ1) is 15.2. The minimum Gasteiger partial charge on any atom is -0.480 e. The summed E-state index contributed by atoms with van der Waals surface area (Å²) in [6.07, 6.45) is 7.07. The molecule has 1 amide bonds. The first-order valence-electron chi connectivity index (χ1n) is 7.07. The molecular weight excluding hydrogens is 272 g/mol. The van der Waals surface area contributed by atoms with Crippen molar-refractivity contribution < 1.29 is 14.7 Å². The van der Waals surface area contributed by atoms with Crippen LogP contribution in [0, 0.1) is 0 Å². The highest BCUT2D eigenvalue weighted by atomic mass is 16.4. The van der Waals surface area contributed by atoms with Crippen LogP contribution < -0.4 is 4.90 Å². The number of carboxylic acid groups (broad SMARTS) is 1. The van der Waals surface area contributed by atoms with E-state index in [1.807, 2.05) is 0 Å². The maximum Gasteiger partial charge on any atom is 0.323 e. The molecule has 0 aromatic carbocycles. The van der Waals surface area contributed by atoms with E-state index in [0.29, 0.717) is 5.95 Å². The van der Waals surface area contributed by atoms with E-state index < -0.39 is 5.97 Å². The lowest BCUT2D eigenvalue weighted by atomic mass is 10.2. The summed E-state index contributed by atoms with van der Waals surface area (Å²) < 4.78 is 0. The lowest BCUT2D eigenvalue weighted by molar-refractivity contribution is -0.145. The molecule has 114 valence electrons. The zero-order valence-electron chi connectivity index (χ0n) is 12.1. The molecule has 0 spiro atoms. The van der Waals surface area contributed by atoms with E-state index in [2.05, 4.69) is 9.97 Å². The standard InChI is InChI=1S/C14H20N4O3/c1-17(14-15-7-4-8-16-14)9-12(19)18(10-13(20)21)11-5-2-3-6-11/h4,7-8,11H,2-3,5-6,9-10H2,1H3,(H,20,21). The molecule has 21 heavy (non-hydrogen) atoms. The van der Waals surface area contributed by atoms with Gasteiger partial charge in [-0.1, -0.05) is 12.8 Å². The Labute approximate surface area is 123 Å². The number of aliphatic carboxylic acids is 1. The Kier molecular flexibility index (Phi) is 5.08. The van der Waals surface area contributed by atoms with Crippen LogP contribution in [-0.2, 0) is 9.59 Å². The molecule has 1 saturated carbocycles. The lowest BCUT2D eigenvalue weighted by Crippen LogP contribution is -2.46. The summed E-state index contributed by atoms with van der Waals surface area (Å²) >= 11 is 0. The highest BCUT2D eigenvalue weighted by Gasteiger charge is 2.29. The third-order valence-electron chi connectivity index (χ3n) is 3.66. The molecule has 0 unspecified atom stereocenters. The predicted octanol–water partition coefficient (Wildman–Crippen LogP) is 0.769. The molecule has 1 aliphatic rings. The Hall–Kier alpha value is -2.18. The number of nitrogens with zero attached hydrogens (tertiary/aromatic N) is 4. The summed E-state index contributed by atoms with van der Waals surface area (Å²) in [7, 11) is 1.72. The fraction of sp³-hybridized carbons (Fsp3) is 0.571. The number of carbonyl (C=O) groups excluding carboxylic acids is 1. The molecule has 1 fully saturated rings. The van der Waals surface area contributed by atoms with Crippen LogP contribution in [0.4, 0.5) is 5.95 Å². The topological polar surface area (TPSA) is 86.6 Å². The van der Waals surface area contributed by atoms with Crippen molar-refractivity contribution in [3.05, 3.63) is 18.5 Å². The van der Waals surface area contributed by atoms with Gasteiger partial charge in [0, 0.05) is 25.5 Å². The number of anilines is 1. The van der Waals surface area contributed by atoms with Crippen molar-refractivity contribution >= 4 is 17.8 Å². The molecule has 1 aromatic heterocycles. The number of hydrogen-bond acceptors (Lipinski definition) is 5. The van der Waals surface area contributed by atoms with Gasteiger partial charge in [0.05, 0.1) is 6.54 Å². The largest absolute Gasteiger partial charge is 0.480 e. The van der Waals surface area contributed by atoms with Gasteiger partial charge in [-0.25, -0.2) is 9.97 Å². The molecule has 2 rings (SSSR count). The van der Waals surface area contributed by atoms with Crippen LogP contribution in [0.15, 0.2) is 18.5 Å². The fourth-order valence-electron chi connectivity index (χ4n) is 2.64. The minimum absolute atomic E-state index is 0.0405. The van der Waals surface area contributed by atoms with Crippen LogP contribution in [0.5, 0.6) is 0 Å². The van der Waals surface area contributed by atoms with E-state index in [4.69, 9.17) is 5.11 Å². The van der Waals surface area contributed by atoms with E-state index in [0.717, 1.165) is 25.7 Å². The van der Waals surface area contributed by atoms with Gasteiger partial charge in [0.2, 0.25) is 11.9 Å². The summed E-state index contributed by atoms with van der Waals surface area (Å²) in [4.78, 5) is 34.7. The molecule has 1 aliphatic carbocycles. The molecule has 7 nitrogen and oxygen atoms in total. The molecule has 0 saturated heterocycles. The number of likely N-dealkylation sites (N-methyl/N-ethyl adjacent to an activating group) is 1. The average molecular weight is 292 g/mol. The zero-order chi connectivity index (χ0) is 15.2. The van der Waals surface area contributed by atoms with Crippen LogP contribution in [0.2, 0.25) is 0 Å². The van der Waals surface area contributed by atoms with Crippen molar-refractivity contribution in [2.24, 2.45) is 0 Å². The van der Waals surface area contributed by atoms with E-state index in [9.17, 15) is 9.59 Å². The van der Waals surface area contributed by atoms with Crippen LogP contribution in [0.3, 0.4) is 0 Å². The first-order chi connectivity index (χ1) is 10.1. The molecule has 0 radical (unpaired) electrons. The minimum atomic E-state index is -0.978. The van der Waals surface area contributed by atoms with Crippen LogP contribution in [0.25, 0.3) is 0 Å². The van der Waals surface area contributed by atoms with E-state index >= 15 is 0 Å². The number of hydrogen-bond donors (Lipinski definition) is 1. The molecule has 1 heterocycles. The Morgan fingerprint density at radius 2 is 1.86 bits per heavy atom. The highest BCUT2D eigenvalue weighted by Crippen LogP contribution is 2.23. The molecule has 1 N–H and O–H groups in total. The summed E-state index contributed by atoms with van der Waals surface area (Å²) in [6.45, 7) is -0.166. The quantitative estimate of drug-likeness (QED) is 0.833. The van der Waals surface area contributed by atoms with Gasteiger partial charge in [0.1, 0.15) is 6.54 Å². The first-order valence-corrected chi connectivity index (χ1v) is 7.07. The number of carbonyl (C=O) groups is 2. The zero-order valence-corrected chi connectivity index (χ0v) is 12.1. The fourth-order valence-corrected chi connectivity index (χ4v) is 2.64. The smallest absolute Gasteiger partial charge is 0.323 e. The molecule has 0 bridgehead atoms. The van der Waals surface area contributed by atoms with Gasteiger partial charge in [0.25, 0.3) is 0 Å². The number of carboxylic acids is 1. The van der Waals surface area contributed by atoms with Crippen molar-refractivity contribution in [1.29, 1.82) is 0 Å². The second-order valence-corrected chi connectivity index (χ2v) is 5.26. The van der Waals surface area contributed by atoms with Crippen molar-refractivity contribution in [2.45, 2.75) is 31.7 Å². The van der Waals surface area contributed by atoms with Crippen molar-refractivity contribution in [2.75, 3.05) is 25.0 Å². The SMILES string of the molecule is CN(CC(=O)N(CC(=O)O)C1CCCC1)c1ncccn1. The summed E-state index contributed by atoms with van der Waals surface area (Å²) in [6, 6.07) is 1.74. The summed E-state index contributed by atoms with van der Waals surface area (Å²) in [5.41, 5.74) is 0. The normalized spacial score (nSPS) is 14.9. The molecular formula is C14H20N4O3. The average Bonchev–Trinajstić information content (AvgIpc) is 2.99. The van der Waals surface area contributed by atoms with E-state index in [-0.39, 0.29) is 25.0 Å². The summed E-state index contributed by atoms with van der Waals surface area (Å²) in [5, 5.41) is 9.01. The van der Waals surface area contributed by atoms with Crippen LogP contribution in [0.1, 0.15) is 25.7 Å². The lowest BCUT2D eigenvalue weighted by Gasteiger charge is -2.29. The molecule has 1 aromatic rings. The number of aromatic nitrogens is 2. The van der Waals surface area contributed by atoms with Gasteiger partial charge in [-0.2, -0.15) is 0 Å². The Morgan fingerprint density at radius 3 is 2.43 bits per heavy atom. The second kappa shape index (κ2) is 7.01. The maximum atomic E-state index is 12.4. The van der Waals surface area contributed by atoms with Crippen LogP contribution >= 0.6 is 0 Å². The van der Waals surface area contributed by atoms with Gasteiger partial charge in [0.15, 0.2) is 0 Å². The van der Waals surface area contributed by atoms with Gasteiger partial charge in [-0.3, -0.25) is 9.59 Å². The van der Waals surface area contributed by atoms with Crippen molar-refractivity contribution in [1.82, 2.24) is 14.9 Å². The molecule has 0 aliphatic heterocycles. The highest BCUT2D eigenvalue weighted by molar-refractivity contribution is 5.84. The number of rotatable bonds is 6.